The molecule has 0 aliphatic rings. The van der Waals surface area contributed by atoms with Gasteiger partial charge in [-0.1, -0.05) is 0 Å². The Hall–Kier alpha value is -1.38. The van der Waals surface area contributed by atoms with Crippen molar-refractivity contribution in [3.8, 4) is 0 Å². The minimum Gasteiger partial charge on any atom is -0.475 e. The smallest absolute Gasteiger partial charge is 0.371 e. The van der Waals surface area contributed by atoms with Crippen molar-refractivity contribution in [1.29, 1.82) is 0 Å². The summed E-state index contributed by atoms with van der Waals surface area (Å²) in [7, 11) is -3.88. The van der Waals surface area contributed by atoms with Crippen molar-refractivity contribution in [3.63, 3.8) is 0 Å². The zero-order valence-electron chi connectivity index (χ0n) is 9.30. The van der Waals surface area contributed by atoms with Gasteiger partial charge in [-0.3, -0.25) is 0 Å². The highest BCUT2D eigenvalue weighted by molar-refractivity contribution is 7.89. The van der Waals surface area contributed by atoms with E-state index >= 15 is 0 Å². The van der Waals surface area contributed by atoms with Gasteiger partial charge >= 0.3 is 5.97 Å². The van der Waals surface area contributed by atoms with Gasteiger partial charge in [0.15, 0.2) is 0 Å². The maximum absolute atomic E-state index is 11.8. The molecule has 0 saturated heterocycles. The van der Waals surface area contributed by atoms with E-state index in [9.17, 15) is 13.2 Å². The average Bonchev–Trinajstić information content (AvgIpc) is 2.60. The van der Waals surface area contributed by atoms with Gasteiger partial charge in [-0.25, -0.2) is 17.9 Å². The van der Waals surface area contributed by atoms with Crippen molar-refractivity contribution in [3.05, 3.63) is 17.6 Å². The summed E-state index contributed by atoms with van der Waals surface area (Å²) in [5, 5.41) is 17.4. The van der Waals surface area contributed by atoms with Gasteiger partial charge in [0.2, 0.25) is 15.8 Å². The third-order valence-corrected chi connectivity index (χ3v) is 3.70. The number of aliphatic hydroxyl groups excluding tert-OH is 1. The number of furan rings is 1. The molecule has 0 saturated carbocycles. The molecule has 3 N–H and O–H groups in total. The van der Waals surface area contributed by atoms with Crippen LogP contribution in [0.5, 0.6) is 0 Å². The molecular weight excluding hydrogens is 250 g/mol. The van der Waals surface area contributed by atoms with Crippen molar-refractivity contribution in [2.24, 2.45) is 0 Å². The molecular formula is C9H13NO6S. The highest BCUT2D eigenvalue weighted by Gasteiger charge is 2.24. The van der Waals surface area contributed by atoms with Crippen LogP contribution in [-0.4, -0.2) is 37.2 Å². The minimum atomic E-state index is -3.88. The second kappa shape index (κ2) is 4.86. The summed E-state index contributed by atoms with van der Waals surface area (Å²) in [6.07, 6.45) is 0. The predicted molar refractivity (Wildman–Crippen MR) is 57.3 cm³/mol. The van der Waals surface area contributed by atoms with Gasteiger partial charge in [0.05, 0.1) is 6.61 Å². The highest BCUT2D eigenvalue weighted by atomic mass is 32.2. The molecule has 0 fully saturated rings. The van der Waals surface area contributed by atoms with E-state index in [0.29, 0.717) is 0 Å². The number of aryl methyl sites for hydroxylation is 1. The first-order chi connectivity index (χ1) is 7.77. The first-order valence-corrected chi connectivity index (χ1v) is 6.23. The Morgan fingerprint density at radius 1 is 1.59 bits per heavy atom. The fraction of sp³-hybridized carbons (Fsp3) is 0.444. The monoisotopic (exact) mass is 263 g/mol. The lowest BCUT2D eigenvalue weighted by Crippen LogP contribution is -2.35. The van der Waals surface area contributed by atoms with Gasteiger partial charge in [-0.15, -0.1) is 0 Å². The van der Waals surface area contributed by atoms with Crippen LogP contribution in [-0.2, 0) is 10.0 Å². The van der Waals surface area contributed by atoms with E-state index in [1.165, 1.54) is 13.8 Å². The van der Waals surface area contributed by atoms with E-state index in [4.69, 9.17) is 14.6 Å². The fourth-order valence-corrected chi connectivity index (χ4v) is 2.62. The Bertz CT molecular complexity index is 518. The number of sulfonamides is 1. The van der Waals surface area contributed by atoms with Crippen LogP contribution < -0.4 is 4.72 Å². The minimum absolute atomic E-state index is 0.0139. The third-order valence-electron chi connectivity index (χ3n) is 2.00. The van der Waals surface area contributed by atoms with Gasteiger partial charge in [0.25, 0.3) is 0 Å². The molecule has 1 aromatic rings. The maximum Gasteiger partial charge on any atom is 0.371 e. The molecule has 0 spiro atoms. The van der Waals surface area contributed by atoms with Crippen LogP contribution >= 0.6 is 0 Å². The summed E-state index contributed by atoms with van der Waals surface area (Å²) in [5.41, 5.74) is 0. The number of aromatic carboxylic acids is 1. The zero-order chi connectivity index (χ0) is 13.2. The van der Waals surface area contributed by atoms with Gasteiger partial charge in [0, 0.05) is 12.1 Å². The van der Waals surface area contributed by atoms with Gasteiger partial charge in [-0.2, -0.15) is 0 Å². The zero-order valence-corrected chi connectivity index (χ0v) is 10.1. The number of rotatable bonds is 5. The molecule has 0 aliphatic heterocycles. The molecule has 7 nitrogen and oxygen atoms in total. The van der Waals surface area contributed by atoms with E-state index in [1.807, 2.05) is 0 Å². The normalized spacial score (nSPS) is 13.6. The molecule has 1 rings (SSSR count). The second-order valence-corrected chi connectivity index (χ2v) is 5.22. The first-order valence-electron chi connectivity index (χ1n) is 4.75. The molecule has 0 bridgehead atoms. The number of hydrogen-bond acceptors (Lipinski definition) is 5. The number of aliphatic hydroxyl groups is 1. The van der Waals surface area contributed by atoms with Crippen LogP contribution in [0.2, 0.25) is 0 Å². The van der Waals surface area contributed by atoms with Crippen LogP contribution in [0.25, 0.3) is 0 Å². The summed E-state index contributed by atoms with van der Waals surface area (Å²) in [4.78, 5) is 10.4. The van der Waals surface area contributed by atoms with Crippen molar-refractivity contribution < 1.29 is 27.8 Å². The number of nitrogens with one attached hydrogen (secondary N) is 1. The van der Waals surface area contributed by atoms with E-state index < -0.39 is 27.8 Å². The summed E-state index contributed by atoms with van der Waals surface area (Å²) in [6.45, 7) is 2.47. The molecule has 0 amide bonds. The fourth-order valence-electron chi connectivity index (χ4n) is 1.20. The Morgan fingerprint density at radius 3 is 2.59 bits per heavy atom. The van der Waals surface area contributed by atoms with Crippen molar-refractivity contribution in [2.45, 2.75) is 24.8 Å². The first kappa shape index (κ1) is 13.7. The lowest BCUT2D eigenvalue weighted by molar-refractivity contribution is 0.0661. The van der Waals surface area contributed by atoms with E-state index in [0.717, 1.165) is 6.07 Å². The topological polar surface area (TPSA) is 117 Å². The van der Waals surface area contributed by atoms with Gasteiger partial charge in [0.1, 0.15) is 10.7 Å². The third kappa shape index (κ3) is 3.05. The Morgan fingerprint density at radius 2 is 2.18 bits per heavy atom. The molecule has 1 aromatic heterocycles. The number of carbonyl (C=O) groups is 1. The number of hydrogen-bond donors (Lipinski definition) is 3. The molecule has 8 heteroatoms. The van der Waals surface area contributed by atoms with Crippen molar-refractivity contribution >= 4 is 16.0 Å². The predicted octanol–water partition coefficient (Wildman–Crippen LogP) is -0.0547. The van der Waals surface area contributed by atoms with Gasteiger partial charge < -0.3 is 14.6 Å². The largest absolute Gasteiger partial charge is 0.475 e. The Kier molecular flexibility index (Phi) is 3.91. The van der Waals surface area contributed by atoms with E-state index in [1.54, 1.807) is 0 Å². The molecule has 0 radical (unpaired) electrons. The maximum atomic E-state index is 11.8. The Balaban J connectivity index is 3.11. The second-order valence-electron chi connectivity index (χ2n) is 3.54. The number of carboxylic acid groups (broad SMARTS) is 1. The van der Waals surface area contributed by atoms with E-state index in [-0.39, 0.29) is 17.3 Å². The van der Waals surface area contributed by atoms with Gasteiger partial charge in [-0.05, 0) is 13.8 Å². The highest BCUT2D eigenvalue weighted by Crippen LogP contribution is 2.20. The molecule has 96 valence electrons. The molecule has 1 atom stereocenters. The van der Waals surface area contributed by atoms with Crippen molar-refractivity contribution in [2.75, 3.05) is 6.61 Å². The van der Waals surface area contributed by atoms with Crippen molar-refractivity contribution in [1.82, 2.24) is 4.72 Å². The number of carboxylic acids is 1. The molecule has 0 aromatic carbocycles. The van der Waals surface area contributed by atoms with Crippen LogP contribution in [0.3, 0.4) is 0 Å². The average molecular weight is 263 g/mol. The van der Waals surface area contributed by atoms with Crippen LogP contribution in [0, 0.1) is 6.92 Å². The summed E-state index contributed by atoms with van der Waals surface area (Å²) >= 11 is 0. The molecule has 0 aliphatic carbocycles. The summed E-state index contributed by atoms with van der Waals surface area (Å²) in [6, 6.07) is 0.270. The molecule has 17 heavy (non-hydrogen) atoms. The van der Waals surface area contributed by atoms with Crippen LogP contribution in [0.1, 0.15) is 23.2 Å². The summed E-state index contributed by atoms with van der Waals surface area (Å²) in [5.74, 6) is -1.80. The summed E-state index contributed by atoms with van der Waals surface area (Å²) < 4.78 is 30.5. The quantitative estimate of drug-likeness (QED) is 0.685. The van der Waals surface area contributed by atoms with Crippen LogP contribution in [0.4, 0.5) is 0 Å². The molecule has 1 heterocycles. The standard InChI is InChI=1S/C9H13NO6S/c1-5(4-11)10-17(14,15)8-3-7(9(12)13)16-6(8)2/h3,5,10-11H,4H2,1-2H3,(H,12,13)/t5-/m1/s1. The SMILES string of the molecule is Cc1oc(C(=O)O)cc1S(=O)(=O)N[C@H](C)CO. The van der Waals surface area contributed by atoms with E-state index in [2.05, 4.69) is 4.72 Å². The lowest BCUT2D eigenvalue weighted by atomic mass is 10.4. The Labute approximate surface area is 98.1 Å². The lowest BCUT2D eigenvalue weighted by Gasteiger charge is -2.10. The molecule has 0 unspecified atom stereocenters. The van der Waals surface area contributed by atoms with Crippen LogP contribution in [0.15, 0.2) is 15.4 Å².